The topological polar surface area (TPSA) is 55.2 Å². The van der Waals surface area contributed by atoms with Gasteiger partial charge in [-0.2, -0.15) is 0 Å². The van der Waals surface area contributed by atoms with E-state index in [2.05, 4.69) is 4.98 Å². The van der Waals surface area contributed by atoms with Gasteiger partial charge in [0.25, 0.3) is 5.56 Å². The molecule has 0 radical (unpaired) electrons. The molecule has 0 bridgehead atoms. The van der Waals surface area contributed by atoms with E-state index in [9.17, 15) is 9.59 Å². The summed E-state index contributed by atoms with van der Waals surface area (Å²) in [6, 6.07) is 18.9. The highest BCUT2D eigenvalue weighted by molar-refractivity contribution is 5.95. The van der Waals surface area contributed by atoms with Crippen LogP contribution >= 0.6 is 0 Å². The molecule has 2 aromatic carbocycles. The van der Waals surface area contributed by atoms with Crippen molar-refractivity contribution in [2.45, 2.75) is 19.9 Å². The van der Waals surface area contributed by atoms with Crippen molar-refractivity contribution in [2.24, 2.45) is 0 Å². The summed E-state index contributed by atoms with van der Waals surface area (Å²) in [4.78, 5) is 31.8. The highest BCUT2D eigenvalue weighted by Crippen LogP contribution is 2.27. The maximum atomic E-state index is 12.9. The smallest absolute Gasteiger partial charge is 0.254 e. The molecule has 1 aliphatic heterocycles. The van der Waals surface area contributed by atoms with E-state index in [0.29, 0.717) is 18.1 Å². The summed E-state index contributed by atoms with van der Waals surface area (Å²) in [5.41, 5.74) is 3.36. The van der Waals surface area contributed by atoms with E-state index in [4.69, 9.17) is 0 Å². The van der Waals surface area contributed by atoms with E-state index in [1.807, 2.05) is 54.6 Å². The van der Waals surface area contributed by atoms with Gasteiger partial charge in [0.05, 0.1) is 0 Å². The lowest BCUT2D eigenvalue weighted by Gasteiger charge is -2.19. The van der Waals surface area contributed by atoms with Gasteiger partial charge < -0.3 is 4.90 Å². The van der Waals surface area contributed by atoms with Gasteiger partial charge in [0.2, 0.25) is 5.91 Å². The maximum absolute atomic E-state index is 12.9. The summed E-state index contributed by atoms with van der Waals surface area (Å²) in [6.45, 7) is 2.41. The number of aryl methyl sites for hydroxylation is 1. The Morgan fingerprint density at radius 1 is 1.08 bits per heavy atom. The zero-order chi connectivity index (χ0) is 18.1. The second-order valence-corrected chi connectivity index (χ2v) is 6.44. The Morgan fingerprint density at radius 2 is 1.81 bits per heavy atom. The first kappa shape index (κ1) is 16.3. The van der Waals surface area contributed by atoms with Crippen LogP contribution < -0.4 is 10.5 Å². The highest BCUT2D eigenvalue weighted by Gasteiger charge is 2.25. The summed E-state index contributed by atoms with van der Waals surface area (Å²) in [5.74, 6) is 0.427. The van der Waals surface area contributed by atoms with E-state index in [1.165, 1.54) is 16.2 Å². The highest BCUT2D eigenvalue weighted by atomic mass is 16.2. The zero-order valence-corrected chi connectivity index (χ0v) is 14.6. The van der Waals surface area contributed by atoms with E-state index in [-0.39, 0.29) is 18.0 Å². The molecule has 130 valence electrons. The first-order valence-electron chi connectivity index (χ1n) is 8.65. The predicted molar refractivity (Wildman–Crippen MR) is 101 cm³/mol. The second-order valence-electron chi connectivity index (χ2n) is 6.44. The van der Waals surface area contributed by atoms with Gasteiger partial charge in [-0.05, 0) is 25.0 Å². The molecule has 0 atom stereocenters. The lowest BCUT2D eigenvalue weighted by molar-refractivity contribution is -0.119. The van der Waals surface area contributed by atoms with Gasteiger partial charge in [-0.25, -0.2) is 4.98 Å². The largest absolute Gasteiger partial charge is 0.310 e. The molecule has 0 fully saturated rings. The third-order valence-electron chi connectivity index (χ3n) is 4.65. The van der Waals surface area contributed by atoms with E-state index >= 15 is 0 Å². The van der Waals surface area contributed by atoms with Gasteiger partial charge in [-0.3, -0.25) is 14.2 Å². The van der Waals surface area contributed by atoms with Crippen LogP contribution in [0.1, 0.15) is 11.3 Å². The van der Waals surface area contributed by atoms with E-state index in [1.54, 1.807) is 11.8 Å². The number of para-hydroxylation sites is 1. The van der Waals surface area contributed by atoms with Crippen LogP contribution in [0, 0.1) is 6.92 Å². The molecule has 0 saturated heterocycles. The molecule has 26 heavy (non-hydrogen) atoms. The predicted octanol–water partition coefficient (Wildman–Crippen LogP) is 2.81. The number of hydrogen-bond acceptors (Lipinski definition) is 3. The molecule has 5 nitrogen and oxygen atoms in total. The minimum absolute atomic E-state index is 0.0231. The van der Waals surface area contributed by atoms with Crippen molar-refractivity contribution in [1.82, 2.24) is 9.55 Å². The molecule has 1 aromatic heterocycles. The molecule has 4 rings (SSSR count). The number of nitrogens with zero attached hydrogens (tertiary/aromatic N) is 3. The van der Waals surface area contributed by atoms with Crippen LogP contribution in [0.5, 0.6) is 0 Å². The molecular formula is C21H19N3O2. The lowest BCUT2D eigenvalue weighted by atomic mass is 10.2. The first-order valence-corrected chi connectivity index (χ1v) is 8.65. The number of carbonyl (C=O) groups excluding carboxylic acids is 1. The van der Waals surface area contributed by atoms with Gasteiger partial charge in [0, 0.05) is 29.6 Å². The quantitative estimate of drug-likeness (QED) is 0.733. The Kier molecular flexibility index (Phi) is 4.13. The summed E-state index contributed by atoms with van der Waals surface area (Å²) in [6.07, 6.45) is 0.842. The minimum Gasteiger partial charge on any atom is -0.310 e. The standard InChI is InChI=1S/C21H19N3O2/c1-15-13-19(25)24(21(22-15)17-8-3-2-4-9-17)14-20(26)23-12-11-16-7-5-6-10-18(16)23/h2-10,13H,11-12,14H2,1H3. The molecule has 0 N–H and O–H groups in total. The van der Waals surface area contributed by atoms with Crippen LogP contribution in [-0.4, -0.2) is 22.0 Å². The van der Waals surface area contributed by atoms with Crippen molar-refractivity contribution in [3.05, 3.63) is 82.3 Å². The number of amides is 1. The molecule has 5 heteroatoms. The minimum atomic E-state index is -0.211. The third kappa shape index (κ3) is 2.92. The SMILES string of the molecule is Cc1cc(=O)n(CC(=O)N2CCc3ccccc32)c(-c2ccccc2)n1. The molecule has 0 unspecified atom stereocenters. The maximum Gasteiger partial charge on any atom is 0.254 e. The fourth-order valence-corrected chi connectivity index (χ4v) is 3.40. The fourth-order valence-electron chi connectivity index (χ4n) is 3.40. The van der Waals surface area contributed by atoms with Gasteiger partial charge >= 0.3 is 0 Å². The van der Waals surface area contributed by atoms with Crippen LogP contribution in [0.25, 0.3) is 11.4 Å². The Bertz CT molecular complexity index is 1020. The van der Waals surface area contributed by atoms with Gasteiger partial charge in [-0.15, -0.1) is 0 Å². The molecule has 0 aliphatic carbocycles. The molecule has 2 heterocycles. The number of aromatic nitrogens is 2. The lowest BCUT2D eigenvalue weighted by Crippen LogP contribution is -2.36. The van der Waals surface area contributed by atoms with Crippen molar-refractivity contribution in [1.29, 1.82) is 0 Å². The monoisotopic (exact) mass is 345 g/mol. The normalized spacial score (nSPS) is 12.9. The van der Waals surface area contributed by atoms with Crippen LogP contribution in [0.2, 0.25) is 0 Å². The fraction of sp³-hybridized carbons (Fsp3) is 0.190. The van der Waals surface area contributed by atoms with Crippen molar-refractivity contribution < 1.29 is 4.79 Å². The first-order chi connectivity index (χ1) is 12.6. The van der Waals surface area contributed by atoms with Crippen molar-refractivity contribution in [2.75, 3.05) is 11.4 Å². The average molecular weight is 345 g/mol. The zero-order valence-electron chi connectivity index (χ0n) is 14.6. The number of hydrogen-bond donors (Lipinski definition) is 0. The summed E-state index contributed by atoms with van der Waals surface area (Å²) >= 11 is 0. The molecule has 1 aliphatic rings. The second kappa shape index (κ2) is 6.59. The Balaban J connectivity index is 1.71. The van der Waals surface area contributed by atoms with E-state index in [0.717, 1.165) is 17.7 Å². The number of carbonyl (C=O) groups is 1. The van der Waals surface area contributed by atoms with Crippen LogP contribution in [0.4, 0.5) is 5.69 Å². The molecular weight excluding hydrogens is 326 g/mol. The average Bonchev–Trinajstić information content (AvgIpc) is 3.08. The van der Waals surface area contributed by atoms with Crippen molar-refractivity contribution >= 4 is 11.6 Å². The summed E-state index contributed by atoms with van der Waals surface area (Å²) < 4.78 is 1.46. The van der Waals surface area contributed by atoms with Crippen LogP contribution in [-0.2, 0) is 17.8 Å². The third-order valence-corrected chi connectivity index (χ3v) is 4.65. The van der Waals surface area contributed by atoms with Crippen LogP contribution in [0.15, 0.2) is 65.5 Å². The van der Waals surface area contributed by atoms with Crippen molar-refractivity contribution in [3.63, 3.8) is 0 Å². The van der Waals surface area contributed by atoms with Gasteiger partial charge in [0.15, 0.2) is 0 Å². The molecule has 0 saturated carbocycles. The Hall–Kier alpha value is -3.21. The molecule has 1 amide bonds. The number of anilines is 1. The van der Waals surface area contributed by atoms with Crippen LogP contribution in [0.3, 0.4) is 0 Å². The van der Waals surface area contributed by atoms with E-state index < -0.39 is 0 Å². The van der Waals surface area contributed by atoms with Gasteiger partial charge in [-0.1, -0.05) is 48.5 Å². The molecule has 0 spiro atoms. The number of fused-ring (bicyclic) bond motifs is 1. The number of benzene rings is 2. The number of rotatable bonds is 3. The summed E-state index contributed by atoms with van der Waals surface area (Å²) in [5, 5.41) is 0. The van der Waals surface area contributed by atoms with Gasteiger partial charge in [0.1, 0.15) is 12.4 Å². The Labute approximate surface area is 151 Å². The Morgan fingerprint density at radius 3 is 2.62 bits per heavy atom. The summed E-state index contributed by atoms with van der Waals surface area (Å²) in [7, 11) is 0. The molecule has 3 aromatic rings. The van der Waals surface area contributed by atoms with Crippen molar-refractivity contribution in [3.8, 4) is 11.4 Å².